The van der Waals surface area contributed by atoms with Crippen LogP contribution in [-0.4, -0.2) is 54.3 Å². The molecule has 1 unspecified atom stereocenters. The third-order valence-electron chi connectivity index (χ3n) is 5.10. The molecule has 2 aromatic carbocycles. The van der Waals surface area contributed by atoms with Crippen LogP contribution in [-0.2, 0) is 30.3 Å². The Bertz CT molecular complexity index is 1020. The lowest BCUT2D eigenvalue weighted by Crippen LogP contribution is -2.58. The van der Waals surface area contributed by atoms with E-state index in [1.165, 1.54) is 11.8 Å². The zero-order chi connectivity index (χ0) is 23.6. The largest absolute Gasteiger partial charge is 0.465 e. The fraction of sp³-hybridized carbons (Fsp3) is 0.280. The molecule has 1 atom stereocenters. The van der Waals surface area contributed by atoms with Gasteiger partial charge in [-0.2, -0.15) is 0 Å². The molecule has 2 N–H and O–H groups in total. The van der Waals surface area contributed by atoms with Crippen LogP contribution in [0.2, 0.25) is 0 Å². The van der Waals surface area contributed by atoms with E-state index >= 15 is 0 Å². The Morgan fingerprint density at radius 2 is 1.76 bits per heavy atom. The lowest BCUT2D eigenvalue weighted by Gasteiger charge is -2.35. The van der Waals surface area contributed by atoms with Crippen molar-refractivity contribution in [1.29, 1.82) is 0 Å². The summed E-state index contributed by atoms with van der Waals surface area (Å²) in [5.74, 6) is -1.95. The van der Waals surface area contributed by atoms with Gasteiger partial charge in [-0.15, -0.1) is 0 Å². The van der Waals surface area contributed by atoms with Crippen LogP contribution in [0.1, 0.15) is 24.5 Å². The van der Waals surface area contributed by atoms with Crippen LogP contribution in [0.15, 0.2) is 66.4 Å². The Balaban J connectivity index is 1.70. The maximum Gasteiger partial charge on any atom is 0.308 e. The first kappa shape index (κ1) is 23.7. The summed E-state index contributed by atoms with van der Waals surface area (Å²) in [5, 5.41) is 5.24. The van der Waals surface area contributed by atoms with Gasteiger partial charge in [0.25, 0.3) is 5.91 Å². The molecule has 1 saturated heterocycles. The molecule has 1 fully saturated rings. The van der Waals surface area contributed by atoms with Crippen molar-refractivity contribution in [3.63, 3.8) is 0 Å². The van der Waals surface area contributed by atoms with E-state index in [-0.39, 0.29) is 31.8 Å². The fourth-order valence-electron chi connectivity index (χ4n) is 3.52. The van der Waals surface area contributed by atoms with Gasteiger partial charge in [0.05, 0.1) is 13.0 Å². The maximum atomic E-state index is 13.3. The zero-order valence-electron chi connectivity index (χ0n) is 18.5. The number of nitrogens with zero attached hydrogens (tertiary/aromatic N) is 1. The van der Waals surface area contributed by atoms with E-state index in [4.69, 9.17) is 4.74 Å². The summed E-state index contributed by atoms with van der Waals surface area (Å²) in [6, 6.07) is 17.6. The number of carbonyl (C=O) groups excluding carboxylic acids is 4. The normalized spacial score (nSPS) is 16.0. The molecule has 0 aliphatic carbocycles. The number of hydrogen-bond donors (Lipinski definition) is 2. The van der Waals surface area contributed by atoms with Crippen LogP contribution in [0.3, 0.4) is 0 Å². The van der Waals surface area contributed by atoms with E-state index in [0.29, 0.717) is 12.0 Å². The van der Waals surface area contributed by atoms with Gasteiger partial charge in [-0.05, 0) is 17.2 Å². The number of amides is 3. The Morgan fingerprint density at radius 3 is 2.42 bits per heavy atom. The first-order chi connectivity index (χ1) is 15.9. The first-order valence-corrected chi connectivity index (χ1v) is 10.8. The van der Waals surface area contributed by atoms with E-state index in [1.807, 2.05) is 48.5 Å². The minimum Gasteiger partial charge on any atom is -0.465 e. The number of hydrogen-bond acceptors (Lipinski definition) is 5. The highest BCUT2D eigenvalue weighted by Gasteiger charge is 2.36. The van der Waals surface area contributed by atoms with E-state index in [2.05, 4.69) is 10.6 Å². The number of ether oxygens (including phenoxy) is 1. The molecule has 0 spiro atoms. The quantitative estimate of drug-likeness (QED) is 0.471. The summed E-state index contributed by atoms with van der Waals surface area (Å²) >= 11 is 0. The van der Waals surface area contributed by atoms with Gasteiger partial charge >= 0.3 is 5.97 Å². The molecular formula is C25H27N3O5. The molecule has 1 aliphatic rings. The minimum atomic E-state index is -1.02. The second-order valence-corrected chi connectivity index (χ2v) is 7.62. The van der Waals surface area contributed by atoms with Crippen molar-refractivity contribution in [3.05, 3.63) is 77.5 Å². The second kappa shape index (κ2) is 11.6. The Morgan fingerprint density at radius 1 is 1.09 bits per heavy atom. The Hall–Kier alpha value is -3.94. The van der Waals surface area contributed by atoms with Crippen LogP contribution in [0.5, 0.6) is 0 Å². The van der Waals surface area contributed by atoms with Gasteiger partial charge in [0.2, 0.25) is 11.8 Å². The third kappa shape index (κ3) is 7.03. The topological polar surface area (TPSA) is 105 Å². The number of carbonyl (C=O) groups is 4. The maximum absolute atomic E-state index is 13.3. The van der Waals surface area contributed by atoms with Crippen LogP contribution < -0.4 is 10.6 Å². The summed E-state index contributed by atoms with van der Waals surface area (Å²) in [4.78, 5) is 51.3. The third-order valence-corrected chi connectivity index (χ3v) is 5.10. The molecular weight excluding hydrogens is 422 g/mol. The summed E-state index contributed by atoms with van der Waals surface area (Å²) in [6.45, 7) is 1.94. The van der Waals surface area contributed by atoms with Gasteiger partial charge in [0, 0.05) is 26.4 Å². The summed E-state index contributed by atoms with van der Waals surface area (Å²) in [5.41, 5.74) is 1.78. The van der Waals surface area contributed by atoms with E-state index in [9.17, 15) is 19.2 Å². The van der Waals surface area contributed by atoms with E-state index in [1.54, 1.807) is 18.2 Å². The highest BCUT2D eigenvalue weighted by atomic mass is 16.5. The van der Waals surface area contributed by atoms with Crippen LogP contribution in [0, 0.1) is 0 Å². The average Bonchev–Trinajstić information content (AvgIpc) is 2.80. The molecule has 1 aliphatic heterocycles. The standard InChI is InChI=1S/C25H27N3O5/c1-18(29)27-21(16-20-10-6-3-7-11-20)25(32)28-14-13-26-24(31)22(28)17-23(30)33-15-12-19-8-4-2-5-9-19/h2-11,16,22H,12-15,17H2,1H3,(H,26,31)(H,27,29)/b21-16+. The number of benzene rings is 2. The molecule has 0 bridgehead atoms. The molecule has 0 aromatic heterocycles. The zero-order valence-corrected chi connectivity index (χ0v) is 18.5. The number of rotatable bonds is 8. The first-order valence-electron chi connectivity index (χ1n) is 10.8. The van der Waals surface area contributed by atoms with Crippen LogP contribution >= 0.6 is 0 Å². The van der Waals surface area contributed by atoms with Crippen LogP contribution in [0.4, 0.5) is 0 Å². The predicted octanol–water partition coefficient (Wildman–Crippen LogP) is 1.67. The Kier molecular flexibility index (Phi) is 8.35. The van der Waals surface area contributed by atoms with Gasteiger partial charge in [0.1, 0.15) is 11.7 Å². The van der Waals surface area contributed by atoms with Crippen molar-refractivity contribution in [2.75, 3.05) is 19.7 Å². The molecule has 8 nitrogen and oxygen atoms in total. The van der Waals surface area contributed by atoms with E-state index in [0.717, 1.165) is 5.56 Å². The van der Waals surface area contributed by atoms with Gasteiger partial charge < -0.3 is 20.3 Å². The number of piperazine rings is 1. The lowest BCUT2D eigenvalue weighted by atomic mass is 10.1. The molecule has 3 amide bonds. The molecule has 3 rings (SSSR count). The van der Waals surface area contributed by atoms with Gasteiger partial charge in [0.15, 0.2) is 0 Å². The summed E-state index contributed by atoms with van der Waals surface area (Å²) in [7, 11) is 0. The molecule has 172 valence electrons. The van der Waals surface area contributed by atoms with Gasteiger partial charge in [-0.1, -0.05) is 60.7 Å². The molecule has 33 heavy (non-hydrogen) atoms. The summed E-state index contributed by atoms with van der Waals surface area (Å²) in [6.07, 6.45) is 1.83. The minimum absolute atomic E-state index is 0.0332. The average molecular weight is 450 g/mol. The SMILES string of the molecule is CC(=O)N/C(=C/c1ccccc1)C(=O)N1CCNC(=O)C1CC(=O)OCCc1ccccc1. The van der Waals surface area contributed by atoms with Crippen molar-refractivity contribution in [3.8, 4) is 0 Å². The molecule has 0 radical (unpaired) electrons. The highest BCUT2D eigenvalue weighted by molar-refractivity contribution is 6.03. The van der Waals surface area contributed by atoms with Crippen molar-refractivity contribution in [2.45, 2.75) is 25.8 Å². The second-order valence-electron chi connectivity index (χ2n) is 7.62. The monoisotopic (exact) mass is 449 g/mol. The van der Waals surface area contributed by atoms with Crippen molar-refractivity contribution in [2.24, 2.45) is 0 Å². The highest BCUT2D eigenvalue weighted by Crippen LogP contribution is 2.15. The molecule has 0 saturated carbocycles. The number of esters is 1. The predicted molar refractivity (Wildman–Crippen MR) is 122 cm³/mol. The smallest absolute Gasteiger partial charge is 0.308 e. The van der Waals surface area contributed by atoms with Crippen LogP contribution in [0.25, 0.3) is 6.08 Å². The van der Waals surface area contributed by atoms with Gasteiger partial charge in [-0.3, -0.25) is 19.2 Å². The summed E-state index contributed by atoms with van der Waals surface area (Å²) < 4.78 is 5.30. The number of nitrogens with one attached hydrogen (secondary N) is 2. The lowest BCUT2D eigenvalue weighted by molar-refractivity contribution is -0.151. The fourth-order valence-corrected chi connectivity index (χ4v) is 3.52. The van der Waals surface area contributed by atoms with Crippen molar-refractivity contribution in [1.82, 2.24) is 15.5 Å². The van der Waals surface area contributed by atoms with E-state index < -0.39 is 29.7 Å². The van der Waals surface area contributed by atoms with Crippen molar-refractivity contribution >= 4 is 29.8 Å². The van der Waals surface area contributed by atoms with Gasteiger partial charge in [-0.25, -0.2) is 0 Å². The van der Waals surface area contributed by atoms with Crippen molar-refractivity contribution < 1.29 is 23.9 Å². The Labute approximate surface area is 192 Å². The molecule has 8 heteroatoms. The molecule has 2 aromatic rings. The molecule has 1 heterocycles.